The molecular formula is C16H22BrN3O. The third kappa shape index (κ3) is 5.61. The summed E-state index contributed by atoms with van der Waals surface area (Å²) in [7, 11) is 2.08. The van der Waals surface area contributed by atoms with E-state index in [9.17, 15) is 0 Å². The molecule has 0 atom stereocenters. The minimum atomic E-state index is 0.449. The maximum Gasteiger partial charge on any atom is 0.151 e. The Labute approximate surface area is 134 Å². The predicted molar refractivity (Wildman–Crippen MR) is 87.8 cm³/mol. The van der Waals surface area contributed by atoms with Crippen LogP contribution in [-0.2, 0) is 19.6 Å². The Bertz CT molecular complexity index is 551. The summed E-state index contributed by atoms with van der Waals surface area (Å²) >= 11 is 3.45. The summed E-state index contributed by atoms with van der Waals surface area (Å²) in [5.41, 5.74) is 2.23. The van der Waals surface area contributed by atoms with Crippen molar-refractivity contribution in [2.75, 3.05) is 7.05 Å². The summed E-state index contributed by atoms with van der Waals surface area (Å²) < 4.78 is 6.49. The molecule has 0 aliphatic heterocycles. The molecule has 0 saturated heterocycles. The van der Waals surface area contributed by atoms with Gasteiger partial charge in [0.2, 0.25) is 0 Å². The largest absolute Gasteiger partial charge is 0.360 e. The Morgan fingerprint density at radius 1 is 1.24 bits per heavy atom. The second kappa shape index (κ2) is 7.73. The van der Waals surface area contributed by atoms with E-state index >= 15 is 0 Å². The fraction of sp³-hybridized carbons (Fsp3) is 0.438. The Kier molecular flexibility index (Phi) is 5.96. The number of rotatable bonds is 7. The van der Waals surface area contributed by atoms with Gasteiger partial charge >= 0.3 is 0 Å². The molecule has 21 heavy (non-hydrogen) atoms. The predicted octanol–water partition coefficient (Wildman–Crippen LogP) is 3.57. The molecule has 0 aliphatic rings. The summed E-state index contributed by atoms with van der Waals surface area (Å²) in [5.74, 6) is 0.898. The van der Waals surface area contributed by atoms with Crippen LogP contribution >= 0.6 is 15.9 Å². The molecular weight excluding hydrogens is 330 g/mol. The molecule has 0 radical (unpaired) electrons. The van der Waals surface area contributed by atoms with E-state index in [1.165, 1.54) is 5.56 Å². The summed E-state index contributed by atoms with van der Waals surface area (Å²) in [4.78, 5) is 2.21. The van der Waals surface area contributed by atoms with Gasteiger partial charge in [0.1, 0.15) is 0 Å². The maximum atomic E-state index is 5.39. The van der Waals surface area contributed by atoms with Crippen LogP contribution in [0.1, 0.15) is 30.9 Å². The minimum Gasteiger partial charge on any atom is -0.360 e. The smallest absolute Gasteiger partial charge is 0.151 e. The van der Waals surface area contributed by atoms with Crippen LogP contribution < -0.4 is 5.32 Å². The zero-order chi connectivity index (χ0) is 15.2. The average Bonchev–Trinajstić information content (AvgIpc) is 2.86. The highest BCUT2D eigenvalue weighted by atomic mass is 79.9. The Balaban J connectivity index is 1.84. The average molecular weight is 352 g/mol. The standard InChI is InChI=1S/C16H22BrN3O/c1-12(2)18-9-15-8-16(21-19-15)11-20(3)10-13-4-6-14(17)7-5-13/h4-8,12,18H,9-11H2,1-3H3. The normalized spacial score (nSPS) is 11.5. The number of halogens is 1. The molecule has 0 bridgehead atoms. The van der Waals surface area contributed by atoms with Crippen molar-refractivity contribution in [1.29, 1.82) is 0 Å². The van der Waals surface area contributed by atoms with E-state index in [0.29, 0.717) is 6.04 Å². The lowest BCUT2D eigenvalue weighted by molar-refractivity contribution is 0.265. The van der Waals surface area contributed by atoms with Crippen LogP contribution in [0.2, 0.25) is 0 Å². The van der Waals surface area contributed by atoms with Gasteiger partial charge < -0.3 is 9.84 Å². The van der Waals surface area contributed by atoms with E-state index < -0.39 is 0 Å². The van der Waals surface area contributed by atoms with Crippen molar-refractivity contribution in [1.82, 2.24) is 15.4 Å². The molecule has 0 amide bonds. The Morgan fingerprint density at radius 2 is 1.95 bits per heavy atom. The van der Waals surface area contributed by atoms with Gasteiger partial charge in [0.15, 0.2) is 5.76 Å². The zero-order valence-electron chi connectivity index (χ0n) is 12.8. The summed E-state index contributed by atoms with van der Waals surface area (Å²) in [6, 6.07) is 10.8. The molecule has 0 fully saturated rings. The van der Waals surface area contributed by atoms with E-state index in [1.54, 1.807) is 0 Å². The zero-order valence-corrected chi connectivity index (χ0v) is 14.4. The van der Waals surface area contributed by atoms with Gasteiger partial charge in [-0.1, -0.05) is 47.1 Å². The van der Waals surface area contributed by atoms with Gasteiger partial charge in [-0.05, 0) is 24.7 Å². The van der Waals surface area contributed by atoms with Gasteiger partial charge in [-0.2, -0.15) is 0 Å². The van der Waals surface area contributed by atoms with Crippen molar-refractivity contribution in [2.24, 2.45) is 0 Å². The lowest BCUT2D eigenvalue weighted by Crippen LogP contribution is -2.21. The van der Waals surface area contributed by atoms with Gasteiger partial charge in [-0.15, -0.1) is 0 Å². The molecule has 0 saturated carbocycles. The summed E-state index contributed by atoms with van der Waals surface area (Å²) in [5, 5.41) is 7.42. The Morgan fingerprint density at radius 3 is 2.62 bits per heavy atom. The number of benzene rings is 1. The van der Waals surface area contributed by atoms with Crippen molar-refractivity contribution in [3.8, 4) is 0 Å². The van der Waals surface area contributed by atoms with Gasteiger partial charge in [0.25, 0.3) is 0 Å². The fourth-order valence-electron chi connectivity index (χ4n) is 2.05. The van der Waals surface area contributed by atoms with Gasteiger partial charge in [0.05, 0.1) is 12.2 Å². The highest BCUT2D eigenvalue weighted by Crippen LogP contribution is 2.13. The van der Waals surface area contributed by atoms with Crippen molar-refractivity contribution in [3.05, 3.63) is 51.8 Å². The highest BCUT2D eigenvalue weighted by Gasteiger charge is 2.08. The maximum absolute atomic E-state index is 5.39. The molecule has 0 spiro atoms. The number of hydrogen-bond acceptors (Lipinski definition) is 4. The first-order valence-electron chi connectivity index (χ1n) is 7.14. The van der Waals surface area contributed by atoms with E-state index in [4.69, 9.17) is 4.52 Å². The number of aromatic nitrogens is 1. The molecule has 114 valence electrons. The first-order chi connectivity index (χ1) is 10.0. The molecule has 0 unspecified atom stereocenters. The molecule has 1 aromatic carbocycles. The first-order valence-corrected chi connectivity index (χ1v) is 7.93. The van der Waals surface area contributed by atoms with Crippen molar-refractivity contribution in [2.45, 2.75) is 39.5 Å². The Hall–Kier alpha value is -1.17. The third-order valence-electron chi connectivity index (χ3n) is 3.09. The lowest BCUT2D eigenvalue weighted by Gasteiger charge is -2.14. The van der Waals surface area contributed by atoms with Crippen molar-refractivity contribution in [3.63, 3.8) is 0 Å². The molecule has 0 aliphatic carbocycles. The molecule has 5 heteroatoms. The number of hydrogen-bond donors (Lipinski definition) is 1. The van der Waals surface area contributed by atoms with Gasteiger partial charge in [-0.3, -0.25) is 4.90 Å². The fourth-order valence-corrected chi connectivity index (χ4v) is 2.31. The van der Waals surface area contributed by atoms with Crippen LogP contribution in [0, 0.1) is 0 Å². The van der Waals surface area contributed by atoms with Crippen LogP contribution in [0.15, 0.2) is 39.3 Å². The molecule has 1 N–H and O–H groups in total. The summed E-state index contributed by atoms with van der Waals surface area (Å²) in [6.07, 6.45) is 0. The lowest BCUT2D eigenvalue weighted by atomic mass is 10.2. The molecule has 1 heterocycles. The summed E-state index contributed by atoms with van der Waals surface area (Å²) in [6.45, 7) is 6.62. The SMILES string of the molecule is CC(C)NCc1cc(CN(C)Cc2ccc(Br)cc2)on1. The van der Waals surface area contributed by atoms with Gasteiger partial charge in [-0.25, -0.2) is 0 Å². The van der Waals surface area contributed by atoms with Crippen molar-refractivity contribution < 1.29 is 4.52 Å². The van der Waals surface area contributed by atoms with Crippen LogP contribution in [0.3, 0.4) is 0 Å². The number of nitrogens with zero attached hydrogens (tertiary/aromatic N) is 2. The van der Waals surface area contributed by atoms with Crippen molar-refractivity contribution >= 4 is 15.9 Å². The van der Waals surface area contributed by atoms with Gasteiger partial charge in [0, 0.05) is 29.7 Å². The van der Waals surface area contributed by atoms with E-state index in [0.717, 1.165) is 35.6 Å². The second-order valence-corrected chi connectivity index (χ2v) is 6.53. The monoisotopic (exact) mass is 351 g/mol. The highest BCUT2D eigenvalue weighted by molar-refractivity contribution is 9.10. The first kappa shape index (κ1) is 16.2. The molecule has 1 aromatic heterocycles. The van der Waals surface area contributed by atoms with E-state index in [1.807, 2.05) is 6.07 Å². The van der Waals surface area contributed by atoms with Crippen LogP contribution in [0.4, 0.5) is 0 Å². The minimum absolute atomic E-state index is 0.449. The molecule has 2 rings (SSSR count). The topological polar surface area (TPSA) is 41.3 Å². The van der Waals surface area contributed by atoms with Crippen LogP contribution in [-0.4, -0.2) is 23.1 Å². The van der Waals surface area contributed by atoms with E-state index in [-0.39, 0.29) is 0 Å². The third-order valence-corrected chi connectivity index (χ3v) is 3.62. The van der Waals surface area contributed by atoms with Crippen LogP contribution in [0.5, 0.6) is 0 Å². The van der Waals surface area contributed by atoms with E-state index in [2.05, 4.69) is 76.5 Å². The second-order valence-electron chi connectivity index (χ2n) is 5.62. The molecule has 2 aromatic rings. The number of nitrogens with one attached hydrogen (secondary N) is 1. The van der Waals surface area contributed by atoms with Crippen LogP contribution in [0.25, 0.3) is 0 Å². The molecule has 4 nitrogen and oxygen atoms in total. The quantitative estimate of drug-likeness (QED) is 0.827.